The van der Waals surface area contributed by atoms with Gasteiger partial charge >= 0.3 is 0 Å². The van der Waals surface area contributed by atoms with E-state index in [1.807, 2.05) is 11.8 Å². The molecule has 0 atom stereocenters. The van der Waals surface area contributed by atoms with Crippen molar-refractivity contribution in [2.24, 2.45) is 5.10 Å². The number of hydrogen-bond acceptors (Lipinski definition) is 9. The molecule has 10 heteroatoms. The van der Waals surface area contributed by atoms with Crippen LogP contribution in [0.5, 0.6) is 11.5 Å². The van der Waals surface area contributed by atoms with Crippen LogP contribution in [0.3, 0.4) is 0 Å². The second kappa shape index (κ2) is 12.8. The summed E-state index contributed by atoms with van der Waals surface area (Å²) in [5.74, 6) is 0.967. The SMILES string of the molecule is CCOc1ccc(N2N=C(N(C)C)/C(=C(\C#N)c3ccc(N(CCC#N)CCC#N)cc3OC)C2=O)cc1. The zero-order valence-electron chi connectivity index (χ0n) is 21.9. The van der Waals surface area contributed by atoms with Gasteiger partial charge in [0.15, 0.2) is 5.84 Å². The molecule has 1 aliphatic rings. The fraction of sp³-hybridized carbons (Fsp3) is 0.321. The van der Waals surface area contributed by atoms with Crippen molar-refractivity contribution in [3.63, 3.8) is 0 Å². The van der Waals surface area contributed by atoms with E-state index < -0.39 is 5.91 Å². The summed E-state index contributed by atoms with van der Waals surface area (Å²) in [6.45, 7) is 3.31. The number of likely N-dealkylation sites (N-methyl/N-ethyl adjacent to an activating group) is 1. The Morgan fingerprint density at radius 3 is 2.21 bits per heavy atom. The lowest BCUT2D eigenvalue weighted by Gasteiger charge is -2.24. The number of carbonyl (C=O) groups excluding carboxylic acids is 1. The summed E-state index contributed by atoms with van der Waals surface area (Å²) in [7, 11) is 5.00. The summed E-state index contributed by atoms with van der Waals surface area (Å²) >= 11 is 0. The highest BCUT2D eigenvalue weighted by atomic mass is 16.5. The number of nitriles is 3. The molecule has 0 aliphatic carbocycles. The minimum Gasteiger partial charge on any atom is -0.496 e. The summed E-state index contributed by atoms with van der Waals surface area (Å²) in [6, 6.07) is 18.7. The largest absolute Gasteiger partial charge is 0.496 e. The van der Waals surface area contributed by atoms with Crippen molar-refractivity contribution in [2.75, 3.05) is 50.8 Å². The van der Waals surface area contributed by atoms with Crippen molar-refractivity contribution in [3.8, 4) is 29.7 Å². The van der Waals surface area contributed by atoms with Crippen LogP contribution >= 0.6 is 0 Å². The molecule has 0 N–H and O–H groups in total. The Kier molecular flexibility index (Phi) is 9.29. The normalized spacial score (nSPS) is 13.7. The van der Waals surface area contributed by atoms with E-state index in [2.05, 4.69) is 23.3 Å². The molecule has 0 spiro atoms. The summed E-state index contributed by atoms with van der Waals surface area (Å²) in [5.41, 5.74) is 2.00. The van der Waals surface area contributed by atoms with Gasteiger partial charge in [-0.15, -0.1) is 5.10 Å². The highest BCUT2D eigenvalue weighted by Crippen LogP contribution is 2.36. The average molecular weight is 512 g/mol. The summed E-state index contributed by atoms with van der Waals surface area (Å²) in [6.07, 6.45) is 0.586. The molecule has 0 bridgehead atoms. The third-order valence-electron chi connectivity index (χ3n) is 5.81. The number of hydrogen-bond donors (Lipinski definition) is 0. The van der Waals surface area contributed by atoms with Crippen LogP contribution in [0.2, 0.25) is 0 Å². The van der Waals surface area contributed by atoms with Crippen molar-refractivity contribution >= 4 is 28.7 Å². The van der Waals surface area contributed by atoms with Crippen LogP contribution in [0.1, 0.15) is 25.3 Å². The maximum Gasteiger partial charge on any atom is 0.283 e. The van der Waals surface area contributed by atoms with Crippen LogP contribution in [0.4, 0.5) is 11.4 Å². The van der Waals surface area contributed by atoms with Gasteiger partial charge in [0.1, 0.15) is 23.1 Å². The average Bonchev–Trinajstić information content (AvgIpc) is 3.27. The topological polar surface area (TPSA) is 129 Å². The molecule has 0 radical (unpaired) electrons. The van der Waals surface area contributed by atoms with Crippen LogP contribution in [0, 0.1) is 34.0 Å². The quantitative estimate of drug-likeness (QED) is 0.347. The van der Waals surface area contributed by atoms with Gasteiger partial charge in [-0.25, -0.2) is 0 Å². The first-order valence-electron chi connectivity index (χ1n) is 12.0. The second-order valence-electron chi connectivity index (χ2n) is 8.41. The maximum absolute atomic E-state index is 13.7. The van der Waals surface area contributed by atoms with E-state index >= 15 is 0 Å². The van der Waals surface area contributed by atoms with Gasteiger partial charge in [-0.3, -0.25) is 4.79 Å². The Balaban J connectivity index is 2.08. The van der Waals surface area contributed by atoms with Gasteiger partial charge < -0.3 is 19.3 Å². The molecule has 2 aromatic rings. The van der Waals surface area contributed by atoms with Crippen LogP contribution in [0.15, 0.2) is 53.1 Å². The van der Waals surface area contributed by atoms with Crippen molar-refractivity contribution in [2.45, 2.75) is 19.8 Å². The lowest BCUT2D eigenvalue weighted by atomic mass is 9.98. The predicted octanol–water partition coefficient (Wildman–Crippen LogP) is 3.93. The molecule has 2 aromatic carbocycles. The summed E-state index contributed by atoms with van der Waals surface area (Å²) in [5, 5.41) is 34.1. The first-order valence-corrected chi connectivity index (χ1v) is 12.0. The standard InChI is InChI=1S/C28H29N7O3/c1-5-38-22-11-8-20(9-12-22)35-28(36)26(27(32-35)33(2)3)24(19-31)23-13-10-21(18-25(23)37-4)34(16-6-14-29)17-7-15-30/h8-13,18H,5-7,16-17H2,1-4H3/b26-24-. The Hall–Kier alpha value is -5.01. The highest BCUT2D eigenvalue weighted by Gasteiger charge is 2.36. The van der Waals surface area contributed by atoms with Gasteiger partial charge in [0.25, 0.3) is 5.91 Å². The lowest BCUT2D eigenvalue weighted by molar-refractivity contribution is -0.114. The van der Waals surface area contributed by atoms with Gasteiger partial charge in [0.05, 0.1) is 50.0 Å². The summed E-state index contributed by atoms with van der Waals surface area (Å²) < 4.78 is 11.1. The molecule has 0 aromatic heterocycles. The van der Waals surface area contributed by atoms with Crippen molar-refractivity contribution in [1.82, 2.24) is 4.90 Å². The van der Waals surface area contributed by atoms with Crippen LogP contribution < -0.4 is 19.4 Å². The number of benzene rings is 2. The lowest BCUT2D eigenvalue weighted by Crippen LogP contribution is -2.26. The molecule has 1 aliphatic heterocycles. The summed E-state index contributed by atoms with van der Waals surface area (Å²) in [4.78, 5) is 17.3. The zero-order chi connectivity index (χ0) is 27.7. The van der Waals surface area contributed by atoms with Crippen molar-refractivity contribution < 1.29 is 14.3 Å². The monoisotopic (exact) mass is 511 g/mol. The van der Waals surface area contributed by atoms with E-state index in [9.17, 15) is 10.1 Å². The Morgan fingerprint density at radius 2 is 1.68 bits per heavy atom. The van der Waals surface area contributed by atoms with E-state index in [1.54, 1.807) is 61.5 Å². The first kappa shape index (κ1) is 27.6. The van der Waals surface area contributed by atoms with Crippen LogP contribution in [-0.2, 0) is 4.79 Å². The van der Waals surface area contributed by atoms with E-state index in [-0.39, 0.29) is 11.1 Å². The number of amidine groups is 1. The van der Waals surface area contributed by atoms with Gasteiger partial charge in [0.2, 0.25) is 0 Å². The highest BCUT2D eigenvalue weighted by molar-refractivity contribution is 6.34. The fourth-order valence-corrected chi connectivity index (χ4v) is 4.02. The number of amides is 1. The Morgan fingerprint density at radius 1 is 1.03 bits per heavy atom. The molecule has 1 amide bonds. The minimum atomic E-state index is -0.440. The van der Waals surface area contributed by atoms with Gasteiger partial charge in [-0.05, 0) is 43.3 Å². The van der Waals surface area contributed by atoms with E-state index in [1.165, 1.54) is 12.1 Å². The van der Waals surface area contributed by atoms with Crippen LogP contribution in [-0.4, -0.2) is 57.5 Å². The number of nitrogens with zero attached hydrogens (tertiary/aromatic N) is 7. The molecule has 10 nitrogen and oxygen atoms in total. The molecular formula is C28H29N7O3. The molecule has 194 valence electrons. The van der Waals surface area contributed by atoms with E-state index in [4.69, 9.17) is 20.0 Å². The van der Waals surface area contributed by atoms with Gasteiger partial charge in [0, 0.05) is 44.5 Å². The number of hydrazone groups is 1. The van der Waals surface area contributed by atoms with Gasteiger partial charge in [-0.1, -0.05) is 0 Å². The molecular weight excluding hydrogens is 482 g/mol. The molecule has 0 saturated heterocycles. The molecule has 0 saturated carbocycles. The second-order valence-corrected chi connectivity index (χ2v) is 8.41. The Labute approximate surface area is 222 Å². The zero-order valence-corrected chi connectivity index (χ0v) is 21.9. The number of anilines is 2. The number of rotatable bonds is 10. The number of methoxy groups -OCH3 is 1. The van der Waals surface area contributed by atoms with Crippen molar-refractivity contribution in [3.05, 3.63) is 53.6 Å². The number of ether oxygens (including phenoxy) is 2. The molecule has 1 heterocycles. The third kappa shape index (κ3) is 5.86. The third-order valence-corrected chi connectivity index (χ3v) is 5.81. The predicted molar refractivity (Wildman–Crippen MR) is 144 cm³/mol. The molecule has 0 fully saturated rings. The van der Waals surface area contributed by atoms with E-state index in [0.717, 1.165) is 5.69 Å². The smallest absolute Gasteiger partial charge is 0.283 e. The number of allylic oxidation sites excluding steroid dienone is 1. The van der Waals surface area contributed by atoms with E-state index in [0.29, 0.717) is 61.1 Å². The maximum atomic E-state index is 13.7. The Bertz CT molecular complexity index is 1340. The molecule has 38 heavy (non-hydrogen) atoms. The van der Waals surface area contributed by atoms with Crippen molar-refractivity contribution in [1.29, 1.82) is 15.8 Å². The first-order chi connectivity index (χ1) is 18.4. The number of carbonyl (C=O) groups is 1. The molecule has 3 rings (SSSR count). The molecule has 0 unspecified atom stereocenters. The van der Waals surface area contributed by atoms with Crippen LogP contribution in [0.25, 0.3) is 5.57 Å². The fourth-order valence-electron chi connectivity index (χ4n) is 4.02. The van der Waals surface area contributed by atoms with Gasteiger partial charge in [-0.2, -0.15) is 20.8 Å². The minimum absolute atomic E-state index is 0.125.